The van der Waals surface area contributed by atoms with Gasteiger partial charge in [-0.3, -0.25) is 9.79 Å². The van der Waals surface area contributed by atoms with Crippen molar-refractivity contribution in [3.05, 3.63) is 59.7 Å². The average molecular weight is 518 g/mol. The fraction of sp³-hybridized carbons (Fsp3) is 0.304. The fourth-order valence-electron chi connectivity index (χ4n) is 3.48. The molecule has 0 aliphatic carbocycles. The Morgan fingerprint density at radius 2 is 2.07 bits per heavy atom. The van der Waals surface area contributed by atoms with Crippen LogP contribution in [0.1, 0.15) is 23.5 Å². The molecule has 0 bridgehead atoms. The van der Waals surface area contributed by atoms with Crippen LogP contribution < -0.4 is 15.4 Å². The number of nitrogens with one attached hydrogen (secondary N) is 2. The minimum Gasteiger partial charge on any atom is -0.497 e. The zero-order chi connectivity index (χ0) is 20.6. The summed E-state index contributed by atoms with van der Waals surface area (Å²) < 4.78 is 5.23. The first kappa shape index (κ1) is 23.5. The molecule has 2 N–H and O–H groups in total. The zero-order valence-corrected chi connectivity index (χ0v) is 19.6. The van der Waals surface area contributed by atoms with Crippen LogP contribution in [-0.2, 0) is 4.79 Å². The normalized spacial score (nSPS) is 15.7. The summed E-state index contributed by atoms with van der Waals surface area (Å²) in [5.74, 6) is 4.44. The topological polar surface area (TPSA) is 66.0 Å². The lowest BCUT2D eigenvalue weighted by molar-refractivity contribution is -0.115. The molecule has 0 radical (unpaired) electrons. The van der Waals surface area contributed by atoms with Gasteiger partial charge in [0.25, 0.3) is 0 Å². The van der Waals surface area contributed by atoms with Gasteiger partial charge in [-0.2, -0.15) is 0 Å². The molecule has 7 heteroatoms. The highest BCUT2D eigenvalue weighted by molar-refractivity contribution is 14.0. The number of rotatable bonds is 5. The molecule has 0 saturated carbocycles. The van der Waals surface area contributed by atoms with E-state index in [9.17, 15) is 4.79 Å². The number of nitrogens with zero attached hydrogens (tertiary/aromatic N) is 2. The first-order chi connectivity index (χ1) is 14.1. The molecule has 1 aliphatic heterocycles. The number of halogens is 1. The zero-order valence-electron chi connectivity index (χ0n) is 17.2. The van der Waals surface area contributed by atoms with Crippen molar-refractivity contribution in [1.82, 2.24) is 10.2 Å². The number of terminal acetylenes is 1. The van der Waals surface area contributed by atoms with Crippen LogP contribution in [0.25, 0.3) is 0 Å². The minimum absolute atomic E-state index is 0. The molecule has 2 aromatic rings. The van der Waals surface area contributed by atoms with E-state index >= 15 is 0 Å². The first-order valence-electron chi connectivity index (χ1n) is 9.59. The van der Waals surface area contributed by atoms with Gasteiger partial charge in [-0.15, -0.1) is 30.4 Å². The number of hydrogen-bond donors (Lipinski definition) is 2. The Morgan fingerprint density at radius 1 is 1.30 bits per heavy atom. The van der Waals surface area contributed by atoms with Crippen LogP contribution in [0.15, 0.2) is 53.5 Å². The van der Waals surface area contributed by atoms with Gasteiger partial charge in [0.15, 0.2) is 5.96 Å². The number of ether oxygens (including phenoxy) is 1. The Labute approximate surface area is 195 Å². The number of carbonyl (C=O) groups excluding carboxylic acids is 1. The van der Waals surface area contributed by atoms with E-state index in [-0.39, 0.29) is 36.4 Å². The van der Waals surface area contributed by atoms with Crippen molar-refractivity contribution >= 4 is 41.5 Å². The lowest BCUT2D eigenvalue weighted by Crippen LogP contribution is -2.43. The van der Waals surface area contributed by atoms with E-state index in [1.54, 1.807) is 20.2 Å². The Balaban J connectivity index is 0.00000320. The van der Waals surface area contributed by atoms with Crippen LogP contribution in [0, 0.1) is 12.3 Å². The van der Waals surface area contributed by atoms with Gasteiger partial charge in [-0.05, 0) is 42.3 Å². The van der Waals surface area contributed by atoms with Gasteiger partial charge in [-0.25, -0.2) is 0 Å². The number of anilines is 1. The summed E-state index contributed by atoms with van der Waals surface area (Å²) in [5, 5.41) is 6.00. The van der Waals surface area contributed by atoms with E-state index in [4.69, 9.17) is 11.2 Å². The maximum atomic E-state index is 12.3. The van der Waals surface area contributed by atoms with Crippen molar-refractivity contribution in [2.75, 3.05) is 39.1 Å². The van der Waals surface area contributed by atoms with E-state index in [1.807, 2.05) is 30.3 Å². The van der Waals surface area contributed by atoms with E-state index < -0.39 is 0 Å². The number of carbonyl (C=O) groups is 1. The second-order valence-electron chi connectivity index (χ2n) is 6.88. The average Bonchev–Trinajstić information content (AvgIpc) is 3.24. The minimum atomic E-state index is -0.147. The van der Waals surface area contributed by atoms with Crippen molar-refractivity contribution in [1.29, 1.82) is 0 Å². The lowest BCUT2D eigenvalue weighted by Gasteiger charge is -2.21. The second-order valence-corrected chi connectivity index (χ2v) is 6.88. The molecule has 1 heterocycles. The summed E-state index contributed by atoms with van der Waals surface area (Å²) in [5.41, 5.74) is 2.70. The maximum absolute atomic E-state index is 12.3. The predicted octanol–water partition coefficient (Wildman–Crippen LogP) is 3.30. The van der Waals surface area contributed by atoms with E-state index in [2.05, 4.69) is 38.6 Å². The monoisotopic (exact) mass is 518 g/mol. The Hall–Kier alpha value is -2.73. The van der Waals surface area contributed by atoms with Crippen LogP contribution in [-0.4, -0.2) is 50.6 Å². The number of amides is 1. The van der Waals surface area contributed by atoms with Crippen molar-refractivity contribution in [3.8, 4) is 18.1 Å². The van der Waals surface area contributed by atoms with Crippen molar-refractivity contribution < 1.29 is 9.53 Å². The summed E-state index contributed by atoms with van der Waals surface area (Å²) in [6, 6.07) is 15.4. The molecule has 1 unspecified atom stereocenters. The first-order valence-corrected chi connectivity index (χ1v) is 9.59. The van der Waals surface area contributed by atoms with Gasteiger partial charge < -0.3 is 20.3 Å². The molecular formula is C23H27IN4O2. The van der Waals surface area contributed by atoms with E-state index in [1.165, 1.54) is 5.56 Å². The third kappa shape index (κ3) is 6.13. The number of guanidine groups is 1. The number of aliphatic imine (C=N–C) groups is 1. The summed E-state index contributed by atoms with van der Waals surface area (Å²) in [6.07, 6.45) is 6.44. The summed E-state index contributed by atoms with van der Waals surface area (Å²) in [6.45, 7) is 1.89. The highest BCUT2D eigenvalue weighted by Crippen LogP contribution is 2.28. The van der Waals surface area contributed by atoms with E-state index in [0.717, 1.165) is 36.8 Å². The quantitative estimate of drug-likeness (QED) is 0.276. The van der Waals surface area contributed by atoms with E-state index in [0.29, 0.717) is 11.6 Å². The summed E-state index contributed by atoms with van der Waals surface area (Å²) in [7, 11) is 3.40. The number of likely N-dealkylation sites (tertiary alicyclic amines) is 1. The van der Waals surface area contributed by atoms with Crippen LogP contribution in [0.3, 0.4) is 0 Å². The molecule has 2 aromatic carbocycles. The number of benzene rings is 2. The number of hydrogen-bond acceptors (Lipinski definition) is 3. The van der Waals surface area contributed by atoms with Gasteiger partial charge in [0.05, 0.1) is 13.7 Å². The van der Waals surface area contributed by atoms with Crippen LogP contribution in [0.2, 0.25) is 0 Å². The van der Waals surface area contributed by atoms with Gasteiger partial charge in [0.2, 0.25) is 5.91 Å². The SMILES string of the molecule is C#Cc1cccc(NC(=O)CNC(=NC)N2CCC(c3ccc(OC)cc3)C2)c1.I. The smallest absolute Gasteiger partial charge is 0.243 e. The molecule has 158 valence electrons. The highest BCUT2D eigenvalue weighted by Gasteiger charge is 2.26. The maximum Gasteiger partial charge on any atom is 0.243 e. The van der Waals surface area contributed by atoms with Crippen molar-refractivity contribution in [2.24, 2.45) is 4.99 Å². The molecule has 1 aliphatic rings. The fourth-order valence-corrected chi connectivity index (χ4v) is 3.48. The van der Waals surface area contributed by atoms with Crippen LogP contribution >= 0.6 is 24.0 Å². The Kier molecular flexibility index (Phi) is 8.99. The summed E-state index contributed by atoms with van der Waals surface area (Å²) in [4.78, 5) is 18.8. The molecule has 6 nitrogen and oxygen atoms in total. The molecule has 1 amide bonds. The van der Waals surface area contributed by atoms with Gasteiger partial charge in [0.1, 0.15) is 5.75 Å². The lowest BCUT2D eigenvalue weighted by atomic mass is 9.98. The third-order valence-electron chi connectivity index (χ3n) is 5.01. The van der Waals surface area contributed by atoms with Gasteiger partial charge in [-0.1, -0.05) is 24.1 Å². The number of methoxy groups -OCH3 is 1. The molecule has 0 spiro atoms. The van der Waals surface area contributed by atoms with Crippen molar-refractivity contribution in [3.63, 3.8) is 0 Å². The molecule has 3 rings (SSSR count). The summed E-state index contributed by atoms with van der Waals surface area (Å²) >= 11 is 0. The molecular weight excluding hydrogens is 491 g/mol. The van der Waals surface area contributed by atoms with Gasteiger partial charge in [0, 0.05) is 37.3 Å². The largest absolute Gasteiger partial charge is 0.497 e. The molecule has 1 atom stereocenters. The molecule has 0 aromatic heterocycles. The van der Waals surface area contributed by atoms with Crippen LogP contribution in [0.4, 0.5) is 5.69 Å². The molecule has 30 heavy (non-hydrogen) atoms. The van der Waals surface area contributed by atoms with Crippen LogP contribution in [0.5, 0.6) is 5.75 Å². The second kappa shape index (κ2) is 11.5. The highest BCUT2D eigenvalue weighted by atomic mass is 127. The molecule has 1 fully saturated rings. The van der Waals surface area contributed by atoms with Crippen molar-refractivity contribution in [2.45, 2.75) is 12.3 Å². The Bertz CT molecular complexity index is 922. The molecule has 1 saturated heterocycles. The third-order valence-corrected chi connectivity index (χ3v) is 5.01. The predicted molar refractivity (Wildman–Crippen MR) is 132 cm³/mol. The Morgan fingerprint density at radius 3 is 2.73 bits per heavy atom. The standard InChI is InChI=1S/C23H26N4O2.HI/c1-4-17-6-5-7-20(14-17)26-22(28)15-25-23(24-2)27-13-12-19(16-27)18-8-10-21(29-3)11-9-18;/h1,5-11,14,19H,12-13,15-16H2,2-3H3,(H,24,25)(H,26,28);1H. The van der Waals surface area contributed by atoms with Gasteiger partial charge >= 0.3 is 0 Å².